The predicted molar refractivity (Wildman–Crippen MR) is 126 cm³/mol. The first kappa shape index (κ1) is 22.3. The van der Waals surface area contributed by atoms with Crippen molar-refractivity contribution < 1.29 is 19.1 Å². The molecule has 168 valence electrons. The lowest BCUT2D eigenvalue weighted by molar-refractivity contribution is -0.117. The highest BCUT2D eigenvalue weighted by molar-refractivity contribution is 6.31. The Bertz CT molecular complexity index is 1220. The zero-order valence-electron chi connectivity index (χ0n) is 17.3. The van der Waals surface area contributed by atoms with Crippen molar-refractivity contribution >= 4 is 46.5 Å². The third-order valence-corrected chi connectivity index (χ3v) is 5.34. The maximum absolute atomic E-state index is 13.5. The van der Waals surface area contributed by atoms with Gasteiger partial charge >= 0.3 is 6.03 Å². The van der Waals surface area contributed by atoms with Crippen LogP contribution in [0.2, 0.25) is 5.02 Å². The van der Waals surface area contributed by atoms with Crippen LogP contribution in [0.1, 0.15) is 5.56 Å². The van der Waals surface area contributed by atoms with Crippen LogP contribution < -0.4 is 15.5 Å². The van der Waals surface area contributed by atoms with E-state index >= 15 is 0 Å². The minimum atomic E-state index is -0.961. The summed E-state index contributed by atoms with van der Waals surface area (Å²) >= 11 is 5.82. The van der Waals surface area contributed by atoms with Crippen LogP contribution in [0.3, 0.4) is 0 Å². The van der Waals surface area contributed by atoms with E-state index in [-0.39, 0.29) is 23.9 Å². The number of nitrogens with zero attached hydrogens (tertiary/aromatic N) is 2. The predicted octanol–water partition coefficient (Wildman–Crippen LogP) is 4.85. The van der Waals surface area contributed by atoms with Crippen molar-refractivity contribution in [3.8, 4) is 0 Å². The molecule has 3 aromatic rings. The molecule has 1 heterocycles. The molecule has 0 aromatic heterocycles. The van der Waals surface area contributed by atoms with Crippen LogP contribution in [-0.2, 0) is 11.2 Å². The second-order valence-electron chi connectivity index (χ2n) is 7.41. The molecule has 0 saturated carbocycles. The maximum atomic E-state index is 13.5. The number of rotatable bonds is 5. The molecule has 0 aliphatic carbocycles. The molecule has 9 heteroatoms. The molecular formula is C24H20ClFN4O3. The largest absolute Gasteiger partial charge is 0.495 e. The van der Waals surface area contributed by atoms with E-state index in [1.54, 1.807) is 24.3 Å². The van der Waals surface area contributed by atoms with Gasteiger partial charge in [-0.25, -0.2) is 14.2 Å². The number of fused-ring (bicyclic) bond motifs is 1. The van der Waals surface area contributed by atoms with Crippen molar-refractivity contribution in [2.75, 3.05) is 16.8 Å². The van der Waals surface area contributed by atoms with Gasteiger partial charge in [0.2, 0.25) is 11.8 Å². The van der Waals surface area contributed by atoms with Crippen LogP contribution in [-0.4, -0.2) is 35.5 Å². The summed E-state index contributed by atoms with van der Waals surface area (Å²) in [5.74, 6) is -1.32. The number of carbonyl (C=O) groups excluding carboxylic acids is 2. The zero-order chi connectivity index (χ0) is 23.4. The van der Waals surface area contributed by atoms with E-state index in [1.165, 1.54) is 17.0 Å². The quantitative estimate of drug-likeness (QED) is 0.502. The van der Waals surface area contributed by atoms with E-state index < -0.39 is 23.8 Å². The third kappa shape index (κ3) is 5.30. The Labute approximate surface area is 194 Å². The molecule has 33 heavy (non-hydrogen) atoms. The van der Waals surface area contributed by atoms with Gasteiger partial charge in [0.1, 0.15) is 18.4 Å². The van der Waals surface area contributed by atoms with Crippen molar-refractivity contribution in [1.29, 1.82) is 0 Å². The Morgan fingerprint density at radius 1 is 1.09 bits per heavy atom. The van der Waals surface area contributed by atoms with Crippen molar-refractivity contribution in [3.05, 3.63) is 89.2 Å². The first-order chi connectivity index (χ1) is 15.9. The number of hydrogen-bond acceptors (Lipinski definition) is 3. The van der Waals surface area contributed by atoms with Gasteiger partial charge in [0.15, 0.2) is 0 Å². The van der Waals surface area contributed by atoms with Gasteiger partial charge in [-0.3, -0.25) is 9.69 Å². The molecule has 0 radical (unpaired) electrons. The number of aliphatic hydroxyl groups excluding tert-OH is 1. The van der Waals surface area contributed by atoms with Crippen LogP contribution >= 0.6 is 11.6 Å². The lowest BCUT2D eigenvalue weighted by Gasteiger charge is -2.29. The molecule has 0 bridgehead atoms. The fourth-order valence-electron chi connectivity index (χ4n) is 3.46. The van der Waals surface area contributed by atoms with Crippen molar-refractivity contribution in [2.24, 2.45) is 4.99 Å². The minimum Gasteiger partial charge on any atom is -0.495 e. The van der Waals surface area contributed by atoms with E-state index in [0.29, 0.717) is 17.1 Å². The van der Waals surface area contributed by atoms with Gasteiger partial charge in [-0.05, 0) is 35.9 Å². The second-order valence-corrected chi connectivity index (χ2v) is 7.82. The number of carbonyl (C=O) groups is 2. The first-order valence-electron chi connectivity index (χ1n) is 10.1. The third-order valence-electron chi connectivity index (χ3n) is 5.05. The first-order valence-corrected chi connectivity index (χ1v) is 10.5. The number of halogens is 2. The summed E-state index contributed by atoms with van der Waals surface area (Å²) in [6.45, 7) is -0.129. The summed E-state index contributed by atoms with van der Waals surface area (Å²) in [7, 11) is 0. The van der Waals surface area contributed by atoms with Crippen LogP contribution in [0.4, 0.5) is 26.2 Å². The normalized spacial score (nSPS) is 13.5. The smallest absolute Gasteiger partial charge is 0.323 e. The highest BCUT2D eigenvalue weighted by atomic mass is 35.5. The summed E-state index contributed by atoms with van der Waals surface area (Å²) in [4.78, 5) is 31.6. The highest BCUT2D eigenvalue weighted by Crippen LogP contribution is 2.31. The molecule has 3 amide bonds. The molecule has 0 spiro atoms. The van der Waals surface area contributed by atoms with Gasteiger partial charge in [-0.15, -0.1) is 0 Å². The SMILES string of the molecule is O=C(Nc1ccc(F)c(Cl)c1)[C@H](Cc1ccccc1)NC(=O)N1CC(O)=Nc2ccccc21. The Kier molecular flexibility index (Phi) is 6.55. The Morgan fingerprint density at radius 2 is 1.82 bits per heavy atom. The maximum Gasteiger partial charge on any atom is 0.323 e. The van der Waals surface area contributed by atoms with E-state index in [9.17, 15) is 19.1 Å². The van der Waals surface area contributed by atoms with Gasteiger partial charge in [-0.2, -0.15) is 0 Å². The molecular weight excluding hydrogens is 447 g/mol. The van der Waals surface area contributed by atoms with Crippen LogP contribution in [0.25, 0.3) is 0 Å². The van der Waals surface area contributed by atoms with Crippen LogP contribution in [0.5, 0.6) is 0 Å². The van der Waals surface area contributed by atoms with E-state index in [2.05, 4.69) is 15.6 Å². The summed E-state index contributed by atoms with van der Waals surface area (Å²) in [6.07, 6.45) is 0.211. The van der Waals surface area contributed by atoms with Crippen molar-refractivity contribution in [1.82, 2.24) is 5.32 Å². The Morgan fingerprint density at radius 3 is 2.58 bits per heavy atom. The molecule has 1 aliphatic heterocycles. The van der Waals surface area contributed by atoms with Gasteiger partial charge in [0, 0.05) is 12.1 Å². The molecule has 7 nitrogen and oxygen atoms in total. The average Bonchev–Trinajstić information content (AvgIpc) is 2.81. The summed E-state index contributed by atoms with van der Waals surface area (Å²) < 4.78 is 13.5. The van der Waals surface area contributed by atoms with Crippen LogP contribution in [0.15, 0.2) is 77.8 Å². The fraction of sp³-hybridized carbons (Fsp3) is 0.125. The van der Waals surface area contributed by atoms with Gasteiger partial charge in [-0.1, -0.05) is 54.1 Å². The average molecular weight is 467 g/mol. The molecule has 1 aliphatic rings. The summed E-state index contributed by atoms with van der Waals surface area (Å²) in [5, 5.41) is 15.3. The monoisotopic (exact) mass is 466 g/mol. The minimum absolute atomic E-state index is 0.129. The number of hydrogen-bond donors (Lipinski definition) is 3. The van der Waals surface area contributed by atoms with Gasteiger partial charge in [0.25, 0.3) is 0 Å². The molecule has 4 rings (SSSR count). The zero-order valence-corrected chi connectivity index (χ0v) is 18.1. The number of para-hydroxylation sites is 2. The molecule has 3 N–H and O–H groups in total. The molecule has 3 aromatic carbocycles. The number of aliphatic hydroxyl groups is 1. The van der Waals surface area contributed by atoms with E-state index in [0.717, 1.165) is 11.6 Å². The highest BCUT2D eigenvalue weighted by Gasteiger charge is 2.29. The number of benzene rings is 3. The number of urea groups is 1. The standard InChI is InChI=1S/C24H20ClFN4O3/c25-17-13-16(10-11-18(17)26)27-23(32)20(12-15-6-2-1-3-7-15)29-24(33)30-14-22(31)28-19-8-4-5-9-21(19)30/h1-11,13,20H,12,14H2,(H,27,32)(H,28,31)(H,29,33)/t20-/m0/s1. The van der Waals surface area contributed by atoms with E-state index in [1.807, 2.05) is 30.3 Å². The van der Waals surface area contributed by atoms with Crippen molar-refractivity contribution in [2.45, 2.75) is 12.5 Å². The number of aliphatic imine (C=N–C) groups is 1. The molecule has 0 unspecified atom stereocenters. The number of nitrogens with one attached hydrogen (secondary N) is 2. The molecule has 1 atom stereocenters. The summed E-state index contributed by atoms with van der Waals surface area (Å²) in [5.41, 5.74) is 2.09. The summed E-state index contributed by atoms with van der Waals surface area (Å²) in [6, 6.07) is 18.4. The fourth-order valence-corrected chi connectivity index (χ4v) is 3.64. The molecule has 0 fully saturated rings. The lowest BCUT2D eigenvalue weighted by atomic mass is 10.1. The number of amides is 3. The second kappa shape index (κ2) is 9.70. The van der Waals surface area contributed by atoms with Gasteiger partial charge in [0.05, 0.1) is 16.4 Å². The Balaban J connectivity index is 1.57. The lowest BCUT2D eigenvalue weighted by Crippen LogP contribution is -2.52. The van der Waals surface area contributed by atoms with Crippen LogP contribution in [0, 0.1) is 5.82 Å². The number of anilines is 2. The Hall–Kier alpha value is -3.91. The molecule has 0 saturated heterocycles. The van der Waals surface area contributed by atoms with E-state index in [4.69, 9.17) is 11.6 Å². The van der Waals surface area contributed by atoms with Gasteiger partial charge < -0.3 is 15.7 Å². The van der Waals surface area contributed by atoms with Crippen molar-refractivity contribution in [3.63, 3.8) is 0 Å². The topological polar surface area (TPSA) is 94.0 Å².